The molecule has 2 aliphatic heterocycles. The highest BCUT2D eigenvalue weighted by atomic mass is 16.5. The summed E-state index contributed by atoms with van der Waals surface area (Å²) in [7, 11) is 1.69. The highest BCUT2D eigenvalue weighted by Gasteiger charge is 2.48. The van der Waals surface area contributed by atoms with Gasteiger partial charge in [-0.3, -0.25) is 4.90 Å². The molecular weight excluding hydrogens is 318 g/mol. The molecule has 0 saturated carbocycles. The topological polar surface area (TPSA) is 59.8 Å². The Morgan fingerprint density at radius 2 is 2.36 bits per heavy atom. The predicted molar refractivity (Wildman–Crippen MR) is 93.8 cm³/mol. The Kier molecular flexibility index (Phi) is 4.50. The summed E-state index contributed by atoms with van der Waals surface area (Å²) in [6, 6.07) is 8.03. The van der Waals surface area contributed by atoms with Crippen LogP contribution < -0.4 is 4.74 Å². The molecule has 6 nitrogen and oxygen atoms in total. The monoisotopic (exact) mass is 343 g/mol. The summed E-state index contributed by atoms with van der Waals surface area (Å²) < 4.78 is 13.0. The summed E-state index contributed by atoms with van der Waals surface area (Å²) in [5.41, 5.74) is 2.13. The summed E-state index contributed by atoms with van der Waals surface area (Å²) in [5, 5.41) is 14.4. The number of aliphatic hydroxyl groups is 1. The van der Waals surface area contributed by atoms with Gasteiger partial charge in [-0.1, -0.05) is 0 Å². The molecule has 0 aliphatic carbocycles. The number of likely N-dealkylation sites (tertiary alicyclic amines) is 1. The SMILES string of the molecule is COc1ccc(-n2cccn2)c(CN2C[C@@H]3CCOC[C@]3(CO)C2)c1. The smallest absolute Gasteiger partial charge is 0.119 e. The second kappa shape index (κ2) is 6.78. The van der Waals surface area contributed by atoms with Crippen LogP contribution in [0.4, 0.5) is 0 Å². The zero-order valence-corrected chi connectivity index (χ0v) is 14.6. The minimum Gasteiger partial charge on any atom is -0.497 e. The molecule has 134 valence electrons. The van der Waals surface area contributed by atoms with E-state index >= 15 is 0 Å². The lowest BCUT2D eigenvalue weighted by molar-refractivity contribution is -0.0561. The molecule has 4 rings (SSSR count). The number of fused-ring (bicyclic) bond motifs is 1. The molecule has 0 spiro atoms. The minimum absolute atomic E-state index is 0.108. The molecule has 2 atom stereocenters. The van der Waals surface area contributed by atoms with Crippen molar-refractivity contribution < 1.29 is 14.6 Å². The minimum atomic E-state index is -0.108. The van der Waals surface area contributed by atoms with Crippen LogP contribution in [0, 0.1) is 11.3 Å². The van der Waals surface area contributed by atoms with Crippen LogP contribution in [-0.4, -0.2) is 59.8 Å². The van der Waals surface area contributed by atoms with Crippen molar-refractivity contribution in [3.63, 3.8) is 0 Å². The number of aliphatic hydroxyl groups excluding tert-OH is 1. The van der Waals surface area contributed by atoms with E-state index in [4.69, 9.17) is 9.47 Å². The zero-order valence-electron chi connectivity index (χ0n) is 14.6. The van der Waals surface area contributed by atoms with Gasteiger partial charge < -0.3 is 14.6 Å². The second-order valence-electron chi connectivity index (χ2n) is 7.17. The van der Waals surface area contributed by atoms with Crippen molar-refractivity contribution in [2.45, 2.75) is 13.0 Å². The molecule has 1 aromatic heterocycles. The van der Waals surface area contributed by atoms with E-state index in [1.54, 1.807) is 13.3 Å². The van der Waals surface area contributed by atoms with E-state index in [2.05, 4.69) is 22.1 Å². The van der Waals surface area contributed by atoms with Gasteiger partial charge in [0.15, 0.2) is 0 Å². The van der Waals surface area contributed by atoms with Crippen molar-refractivity contribution in [1.82, 2.24) is 14.7 Å². The van der Waals surface area contributed by atoms with E-state index < -0.39 is 0 Å². The molecule has 1 N–H and O–H groups in total. The maximum absolute atomic E-state index is 9.98. The Labute approximate surface area is 148 Å². The summed E-state index contributed by atoms with van der Waals surface area (Å²) >= 11 is 0. The quantitative estimate of drug-likeness (QED) is 0.896. The van der Waals surface area contributed by atoms with E-state index in [-0.39, 0.29) is 12.0 Å². The molecule has 25 heavy (non-hydrogen) atoms. The van der Waals surface area contributed by atoms with E-state index in [9.17, 15) is 5.11 Å². The van der Waals surface area contributed by atoms with Gasteiger partial charge in [0.25, 0.3) is 0 Å². The van der Waals surface area contributed by atoms with Crippen LogP contribution in [0.15, 0.2) is 36.7 Å². The summed E-state index contributed by atoms with van der Waals surface area (Å²) in [5.74, 6) is 1.35. The molecule has 2 saturated heterocycles. The Hall–Kier alpha value is -1.89. The lowest BCUT2D eigenvalue weighted by Crippen LogP contribution is -2.42. The van der Waals surface area contributed by atoms with Crippen LogP contribution in [0.5, 0.6) is 5.75 Å². The number of nitrogens with zero attached hydrogens (tertiary/aromatic N) is 3. The number of hydrogen-bond acceptors (Lipinski definition) is 5. The third-order valence-corrected chi connectivity index (χ3v) is 5.63. The van der Waals surface area contributed by atoms with Gasteiger partial charge in [-0.05, 0) is 42.2 Å². The van der Waals surface area contributed by atoms with Crippen molar-refractivity contribution >= 4 is 0 Å². The fourth-order valence-electron chi connectivity index (χ4n) is 4.24. The van der Waals surface area contributed by atoms with Gasteiger partial charge in [-0.15, -0.1) is 0 Å². The van der Waals surface area contributed by atoms with Gasteiger partial charge in [-0.25, -0.2) is 4.68 Å². The fraction of sp³-hybridized carbons (Fsp3) is 0.526. The largest absolute Gasteiger partial charge is 0.497 e. The van der Waals surface area contributed by atoms with Gasteiger partial charge in [0, 0.05) is 44.0 Å². The summed E-state index contributed by atoms with van der Waals surface area (Å²) in [6.07, 6.45) is 4.77. The van der Waals surface area contributed by atoms with Crippen LogP contribution in [0.3, 0.4) is 0 Å². The molecule has 0 bridgehead atoms. The van der Waals surface area contributed by atoms with Crippen LogP contribution in [0.25, 0.3) is 5.69 Å². The summed E-state index contributed by atoms with van der Waals surface area (Å²) in [6.45, 7) is 4.33. The molecule has 0 amide bonds. The third kappa shape index (κ3) is 3.05. The molecule has 6 heteroatoms. The number of aromatic nitrogens is 2. The van der Waals surface area contributed by atoms with E-state index in [1.807, 2.05) is 23.0 Å². The Bertz CT molecular complexity index is 719. The Balaban J connectivity index is 1.60. The molecule has 3 heterocycles. The number of methoxy groups -OCH3 is 1. The van der Waals surface area contributed by atoms with E-state index in [0.717, 1.165) is 44.1 Å². The molecule has 0 radical (unpaired) electrons. The Morgan fingerprint density at radius 1 is 1.44 bits per heavy atom. The van der Waals surface area contributed by atoms with Crippen LogP contribution in [-0.2, 0) is 11.3 Å². The van der Waals surface area contributed by atoms with E-state index in [1.165, 1.54) is 5.56 Å². The molecule has 0 unspecified atom stereocenters. The number of hydrogen-bond donors (Lipinski definition) is 1. The van der Waals surface area contributed by atoms with Crippen molar-refractivity contribution in [3.8, 4) is 11.4 Å². The second-order valence-corrected chi connectivity index (χ2v) is 7.17. The van der Waals surface area contributed by atoms with Gasteiger partial charge >= 0.3 is 0 Å². The lowest BCUT2D eigenvalue weighted by atomic mass is 9.76. The van der Waals surface area contributed by atoms with Gasteiger partial charge in [0.05, 0.1) is 26.0 Å². The van der Waals surface area contributed by atoms with Crippen LogP contribution >= 0.6 is 0 Å². The molecule has 2 aromatic rings. The first-order chi connectivity index (χ1) is 12.2. The first-order valence-corrected chi connectivity index (χ1v) is 8.82. The van der Waals surface area contributed by atoms with Gasteiger partial charge in [-0.2, -0.15) is 5.10 Å². The van der Waals surface area contributed by atoms with Crippen molar-refractivity contribution in [2.24, 2.45) is 11.3 Å². The number of ether oxygens (including phenoxy) is 2. The molecule has 2 fully saturated rings. The fourth-order valence-corrected chi connectivity index (χ4v) is 4.24. The van der Waals surface area contributed by atoms with Crippen LogP contribution in [0.2, 0.25) is 0 Å². The average molecular weight is 343 g/mol. The third-order valence-electron chi connectivity index (χ3n) is 5.63. The van der Waals surface area contributed by atoms with Crippen molar-refractivity contribution in [2.75, 3.05) is 40.0 Å². The average Bonchev–Trinajstić information content (AvgIpc) is 3.29. The van der Waals surface area contributed by atoms with Crippen molar-refractivity contribution in [1.29, 1.82) is 0 Å². The summed E-state index contributed by atoms with van der Waals surface area (Å²) in [4.78, 5) is 2.43. The first-order valence-electron chi connectivity index (χ1n) is 8.82. The first kappa shape index (κ1) is 16.6. The number of benzene rings is 1. The lowest BCUT2D eigenvalue weighted by Gasteiger charge is -2.36. The maximum atomic E-state index is 9.98. The zero-order chi connectivity index (χ0) is 17.3. The Morgan fingerprint density at radius 3 is 3.08 bits per heavy atom. The van der Waals surface area contributed by atoms with Gasteiger partial charge in [0.2, 0.25) is 0 Å². The van der Waals surface area contributed by atoms with Crippen LogP contribution in [0.1, 0.15) is 12.0 Å². The van der Waals surface area contributed by atoms with E-state index in [0.29, 0.717) is 12.5 Å². The predicted octanol–water partition coefficient (Wildman–Crippen LogP) is 1.71. The molecular formula is C19H25N3O3. The maximum Gasteiger partial charge on any atom is 0.119 e. The normalized spacial score (nSPS) is 26.6. The van der Waals surface area contributed by atoms with Gasteiger partial charge in [0.1, 0.15) is 5.75 Å². The number of rotatable bonds is 5. The highest BCUT2D eigenvalue weighted by Crippen LogP contribution is 2.41. The molecule has 1 aromatic carbocycles. The molecule has 2 aliphatic rings. The highest BCUT2D eigenvalue weighted by molar-refractivity contribution is 5.45. The standard InChI is InChI=1S/C19H25N3O3/c1-24-17-3-4-18(22-7-2-6-20-22)15(9-17)10-21-11-16-5-8-25-14-19(16,12-21)13-23/h2-4,6-7,9,16,23H,5,8,10-14H2,1H3/t16-,19+/m0/s1. The van der Waals surface area contributed by atoms with Crippen molar-refractivity contribution in [3.05, 3.63) is 42.2 Å².